The molecular weight excluding hydrogens is 234 g/mol. The summed E-state index contributed by atoms with van der Waals surface area (Å²) >= 11 is 5.65. The van der Waals surface area contributed by atoms with E-state index in [0.29, 0.717) is 10.7 Å². The van der Waals surface area contributed by atoms with Crippen LogP contribution in [0.4, 0.5) is 23.0 Å². The Bertz CT molecular complexity index is 368. The first-order valence-electron chi connectivity index (χ1n) is 3.72. The van der Waals surface area contributed by atoms with Gasteiger partial charge in [-0.3, -0.25) is 0 Å². The molecular formula is C7H6BClF4N2. The standard InChI is InChI=1S/C7H6ClN2.BF4/c1-5-4-6(8)2-3-7(5)10-9;2-1(3,4)5/h2-4H,1H3;/q+1;-1. The van der Waals surface area contributed by atoms with Gasteiger partial charge < -0.3 is 17.3 Å². The Balaban J connectivity index is 0.000000336. The predicted molar refractivity (Wildman–Crippen MR) is 51.1 cm³/mol. The molecule has 1 aromatic carbocycles. The third-order valence-corrected chi connectivity index (χ3v) is 1.50. The van der Waals surface area contributed by atoms with Gasteiger partial charge in [-0.05, 0) is 19.1 Å². The zero-order valence-electron chi connectivity index (χ0n) is 7.59. The zero-order valence-corrected chi connectivity index (χ0v) is 8.35. The second kappa shape index (κ2) is 5.56. The summed E-state index contributed by atoms with van der Waals surface area (Å²) in [4.78, 5) is 3.05. The van der Waals surface area contributed by atoms with Crippen LogP contribution in [0.3, 0.4) is 0 Å². The van der Waals surface area contributed by atoms with Crippen LogP contribution in [0, 0.1) is 12.3 Å². The van der Waals surface area contributed by atoms with Gasteiger partial charge in [-0.15, -0.1) is 0 Å². The summed E-state index contributed by atoms with van der Waals surface area (Å²) in [5.74, 6) is 0. The van der Waals surface area contributed by atoms with Crippen LogP contribution in [0.25, 0.3) is 4.98 Å². The monoisotopic (exact) mass is 240 g/mol. The molecule has 1 aromatic rings. The lowest BCUT2D eigenvalue weighted by Crippen LogP contribution is -2.02. The van der Waals surface area contributed by atoms with Crippen molar-refractivity contribution in [1.29, 1.82) is 5.39 Å². The minimum atomic E-state index is -6.00. The molecule has 0 aliphatic rings. The van der Waals surface area contributed by atoms with Crippen LogP contribution in [-0.4, -0.2) is 7.25 Å². The molecule has 0 fully saturated rings. The van der Waals surface area contributed by atoms with Gasteiger partial charge in [0.25, 0.3) is 0 Å². The Hall–Kier alpha value is -1.29. The fraction of sp³-hybridized carbons (Fsp3) is 0.143. The van der Waals surface area contributed by atoms with Crippen molar-refractivity contribution in [2.45, 2.75) is 6.92 Å². The van der Waals surface area contributed by atoms with Gasteiger partial charge in [0, 0.05) is 16.7 Å². The molecule has 0 amide bonds. The van der Waals surface area contributed by atoms with Crippen LogP contribution in [0.5, 0.6) is 0 Å². The normalized spacial score (nSPS) is 9.93. The maximum absolute atomic E-state index is 9.75. The van der Waals surface area contributed by atoms with E-state index in [9.17, 15) is 17.3 Å². The van der Waals surface area contributed by atoms with Gasteiger partial charge in [0.05, 0.1) is 0 Å². The molecule has 82 valence electrons. The highest BCUT2D eigenvalue weighted by molar-refractivity contribution is 6.50. The van der Waals surface area contributed by atoms with Crippen LogP contribution in [0.2, 0.25) is 5.02 Å². The van der Waals surface area contributed by atoms with Crippen molar-refractivity contribution in [2.24, 2.45) is 0 Å². The second-order valence-corrected chi connectivity index (χ2v) is 2.96. The fourth-order valence-corrected chi connectivity index (χ4v) is 0.958. The smallest absolute Gasteiger partial charge is 0.418 e. The van der Waals surface area contributed by atoms with E-state index in [1.54, 1.807) is 18.2 Å². The van der Waals surface area contributed by atoms with E-state index < -0.39 is 7.25 Å². The SMILES string of the molecule is Cc1cc(Cl)ccc1[N+]#N.F[B-](F)(F)F. The van der Waals surface area contributed by atoms with Crippen LogP contribution in [0.15, 0.2) is 18.2 Å². The van der Waals surface area contributed by atoms with Gasteiger partial charge >= 0.3 is 12.9 Å². The summed E-state index contributed by atoms with van der Waals surface area (Å²) in [6.45, 7) is 1.83. The van der Waals surface area contributed by atoms with Crippen LogP contribution < -0.4 is 0 Å². The summed E-state index contributed by atoms with van der Waals surface area (Å²) in [6.07, 6.45) is 0. The van der Waals surface area contributed by atoms with Gasteiger partial charge in [-0.1, -0.05) is 11.6 Å². The van der Waals surface area contributed by atoms with Crippen molar-refractivity contribution in [1.82, 2.24) is 0 Å². The van der Waals surface area contributed by atoms with Crippen molar-refractivity contribution < 1.29 is 17.3 Å². The molecule has 0 aromatic heterocycles. The number of hydrogen-bond acceptors (Lipinski definition) is 1. The molecule has 0 saturated carbocycles. The van der Waals surface area contributed by atoms with Gasteiger partial charge in [-0.2, -0.15) is 0 Å². The number of halogens is 5. The van der Waals surface area contributed by atoms with Gasteiger partial charge in [0.15, 0.2) is 4.98 Å². The second-order valence-electron chi connectivity index (χ2n) is 2.53. The van der Waals surface area contributed by atoms with Crippen molar-refractivity contribution >= 4 is 24.5 Å². The number of diazo groups is 1. The molecule has 8 heteroatoms. The average molecular weight is 240 g/mol. The number of aryl methyl sites for hydroxylation is 1. The summed E-state index contributed by atoms with van der Waals surface area (Å²) < 4.78 is 39.0. The number of nitrogens with zero attached hydrogens (tertiary/aromatic N) is 2. The summed E-state index contributed by atoms with van der Waals surface area (Å²) in [5.41, 5.74) is 1.43. The van der Waals surface area contributed by atoms with E-state index in [2.05, 4.69) is 4.98 Å². The third kappa shape index (κ3) is 7.76. The Morgan fingerprint density at radius 3 is 2.07 bits per heavy atom. The molecule has 1 rings (SSSR count). The molecule has 0 saturated heterocycles. The first kappa shape index (κ1) is 13.7. The Labute approximate surface area is 88.6 Å². The van der Waals surface area contributed by atoms with Crippen molar-refractivity contribution in [3.8, 4) is 0 Å². The van der Waals surface area contributed by atoms with Gasteiger partial charge in [-0.25, -0.2) is 0 Å². The molecule has 2 nitrogen and oxygen atoms in total. The highest BCUT2D eigenvalue weighted by Crippen LogP contribution is 2.21. The number of hydrogen-bond donors (Lipinski definition) is 0. The molecule has 15 heavy (non-hydrogen) atoms. The van der Waals surface area contributed by atoms with E-state index in [4.69, 9.17) is 17.0 Å². The third-order valence-electron chi connectivity index (χ3n) is 1.27. The molecule has 0 atom stereocenters. The Kier molecular flexibility index (Phi) is 5.08. The lowest BCUT2D eigenvalue weighted by Gasteiger charge is -1.94. The van der Waals surface area contributed by atoms with E-state index in [-0.39, 0.29) is 0 Å². The maximum atomic E-state index is 9.75. The maximum Gasteiger partial charge on any atom is 0.673 e. The topological polar surface area (TPSA) is 28.1 Å². The fourth-order valence-electron chi connectivity index (χ4n) is 0.731. The van der Waals surface area contributed by atoms with E-state index in [1.165, 1.54) is 0 Å². The van der Waals surface area contributed by atoms with E-state index >= 15 is 0 Å². The number of benzene rings is 1. The Morgan fingerprint density at radius 2 is 1.73 bits per heavy atom. The van der Waals surface area contributed by atoms with Crippen LogP contribution >= 0.6 is 11.6 Å². The number of rotatable bonds is 0. The van der Waals surface area contributed by atoms with Crippen molar-refractivity contribution in [3.05, 3.63) is 33.8 Å². The summed E-state index contributed by atoms with van der Waals surface area (Å²) in [5, 5.41) is 9.05. The lowest BCUT2D eigenvalue weighted by molar-refractivity contribution is 0.368. The first-order chi connectivity index (χ1) is 6.74. The molecule has 0 aliphatic heterocycles. The highest BCUT2D eigenvalue weighted by Gasteiger charge is 2.20. The minimum Gasteiger partial charge on any atom is -0.418 e. The molecule has 0 bridgehead atoms. The molecule has 0 N–H and O–H groups in total. The van der Waals surface area contributed by atoms with Crippen LogP contribution in [0.1, 0.15) is 5.56 Å². The quantitative estimate of drug-likeness (QED) is 0.374. The molecule has 0 aliphatic carbocycles. The van der Waals surface area contributed by atoms with Crippen molar-refractivity contribution in [2.75, 3.05) is 0 Å². The Morgan fingerprint density at radius 1 is 1.27 bits per heavy atom. The molecule has 0 radical (unpaired) electrons. The van der Waals surface area contributed by atoms with Gasteiger partial charge in [0.2, 0.25) is 5.39 Å². The first-order valence-corrected chi connectivity index (χ1v) is 4.10. The summed E-state index contributed by atoms with van der Waals surface area (Å²) in [6, 6.07) is 5.10. The zero-order chi connectivity index (χ0) is 12.1. The largest absolute Gasteiger partial charge is 0.673 e. The minimum absolute atomic E-state index is 0.560. The van der Waals surface area contributed by atoms with E-state index in [1.807, 2.05) is 6.92 Å². The summed E-state index contributed by atoms with van der Waals surface area (Å²) in [7, 11) is -6.00. The van der Waals surface area contributed by atoms with Crippen molar-refractivity contribution in [3.63, 3.8) is 0 Å². The average Bonchev–Trinajstić information content (AvgIpc) is 2.01. The lowest BCUT2D eigenvalue weighted by atomic mass is 10.2. The molecule has 0 unspecified atom stereocenters. The molecule has 0 heterocycles. The molecule has 0 spiro atoms. The van der Waals surface area contributed by atoms with Crippen LogP contribution in [-0.2, 0) is 0 Å². The highest BCUT2D eigenvalue weighted by atomic mass is 35.5. The predicted octanol–water partition coefficient (Wildman–Crippen LogP) is 4.43. The van der Waals surface area contributed by atoms with E-state index in [0.717, 1.165) is 5.56 Å². The van der Waals surface area contributed by atoms with Gasteiger partial charge in [0.1, 0.15) is 0 Å².